The van der Waals surface area contributed by atoms with E-state index in [0.29, 0.717) is 11.1 Å². The van der Waals surface area contributed by atoms with E-state index < -0.39 is 0 Å². The van der Waals surface area contributed by atoms with Crippen LogP contribution in [0.5, 0.6) is 0 Å². The maximum Gasteiger partial charge on any atom is 0.0543 e. The average Bonchev–Trinajstić information content (AvgIpc) is 2.13. The first-order chi connectivity index (χ1) is 7.68. The first-order valence-electron chi connectivity index (χ1n) is 6.13. The van der Waals surface area contributed by atoms with Crippen molar-refractivity contribution in [1.82, 2.24) is 10.3 Å². The van der Waals surface area contributed by atoms with Crippen molar-refractivity contribution in [3.63, 3.8) is 0 Å². The minimum atomic E-state index is 0.112. The fourth-order valence-electron chi connectivity index (χ4n) is 2.26. The number of nitrogen functional groups attached to an aromatic ring is 1. The number of hydrogen-bond donors (Lipinski definition) is 2. The van der Waals surface area contributed by atoms with E-state index in [9.17, 15) is 0 Å². The molecule has 1 rings (SSSR count). The van der Waals surface area contributed by atoms with Gasteiger partial charge in [0.15, 0.2) is 0 Å². The molecule has 0 bridgehead atoms. The third-order valence-electron chi connectivity index (χ3n) is 2.57. The van der Waals surface area contributed by atoms with Crippen molar-refractivity contribution in [1.29, 1.82) is 0 Å². The third-order valence-corrected chi connectivity index (χ3v) is 2.57. The summed E-state index contributed by atoms with van der Waals surface area (Å²) in [6.45, 7) is 12.0. The highest BCUT2D eigenvalue weighted by molar-refractivity contribution is 5.34. The van der Waals surface area contributed by atoms with E-state index in [1.807, 2.05) is 12.1 Å². The highest BCUT2D eigenvalue weighted by Gasteiger charge is 2.24. The highest BCUT2D eigenvalue weighted by Crippen LogP contribution is 2.26. The van der Waals surface area contributed by atoms with Gasteiger partial charge in [-0.2, -0.15) is 0 Å². The minimum absolute atomic E-state index is 0.112. The van der Waals surface area contributed by atoms with Gasteiger partial charge in [-0.1, -0.05) is 20.8 Å². The molecule has 1 heterocycles. The van der Waals surface area contributed by atoms with Crippen LogP contribution in [0.25, 0.3) is 0 Å². The molecule has 0 aliphatic rings. The molecule has 0 saturated heterocycles. The van der Waals surface area contributed by atoms with Crippen molar-refractivity contribution in [2.45, 2.75) is 53.1 Å². The lowest BCUT2D eigenvalue weighted by atomic mass is 9.82. The Morgan fingerprint density at radius 3 is 2.29 bits per heavy atom. The average molecular weight is 235 g/mol. The maximum atomic E-state index is 5.61. The van der Waals surface area contributed by atoms with E-state index in [4.69, 9.17) is 5.73 Å². The second-order valence-electron chi connectivity index (χ2n) is 6.56. The number of pyridine rings is 1. The van der Waals surface area contributed by atoms with Crippen LogP contribution in [-0.2, 0) is 6.54 Å². The van der Waals surface area contributed by atoms with Crippen molar-refractivity contribution in [3.05, 3.63) is 24.0 Å². The zero-order valence-corrected chi connectivity index (χ0v) is 11.7. The second-order valence-corrected chi connectivity index (χ2v) is 6.56. The fourth-order valence-corrected chi connectivity index (χ4v) is 2.26. The SMILES string of the molecule is CC(C)(C)CC(C)(C)NCc1ccc(N)cn1. The Kier molecular flexibility index (Phi) is 4.15. The van der Waals surface area contributed by atoms with Crippen LogP contribution in [0.2, 0.25) is 0 Å². The largest absolute Gasteiger partial charge is 0.397 e. The molecule has 0 unspecified atom stereocenters. The van der Waals surface area contributed by atoms with Crippen molar-refractivity contribution < 1.29 is 0 Å². The number of aromatic nitrogens is 1. The van der Waals surface area contributed by atoms with Gasteiger partial charge >= 0.3 is 0 Å². The van der Waals surface area contributed by atoms with Crippen LogP contribution in [0.4, 0.5) is 5.69 Å². The summed E-state index contributed by atoms with van der Waals surface area (Å²) in [7, 11) is 0. The number of nitrogens with one attached hydrogen (secondary N) is 1. The van der Waals surface area contributed by atoms with Gasteiger partial charge in [-0.05, 0) is 37.8 Å². The number of nitrogens with zero attached hydrogens (tertiary/aromatic N) is 1. The lowest BCUT2D eigenvalue weighted by Crippen LogP contribution is -2.42. The Morgan fingerprint density at radius 2 is 1.82 bits per heavy atom. The van der Waals surface area contributed by atoms with Gasteiger partial charge in [0.2, 0.25) is 0 Å². The molecular formula is C14H25N3. The first kappa shape index (κ1) is 14.0. The molecule has 0 aliphatic carbocycles. The van der Waals surface area contributed by atoms with Crippen LogP contribution >= 0.6 is 0 Å². The van der Waals surface area contributed by atoms with Gasteiger partial charge in [-0.15, -0.1) is 0 Å². The van der Waals surface area contributed by atoms with Crippen LogP contribution < -0.4 is 11.1 Å². The Labute approximate surface area is 105 Å². The summed E-state index contributed by atoms with van der Waals surface area (Å²) in [5.74, 6) is 0. The smallest absolute Gasteiger partial charge is 0.0543 e. The summed E-state index contributed by atoms with van der Waals surface area (Å²) >= 11 is 0. The van der Waals surface area contributed by atoms with Gasteiger partial charge in [0, 0.05) is 12.1 Å². The fraction of sp³-hybridized carbons (Fsp3) is 0.643. The molecule has 3 nitrogen and oxygen atoms in total. The maximum absolute atomic E-state index is 5.61. The predicted octanol–water partition coefficient (Wildman–Crippen LogP) is 2.97. The van der Waals surface area contributed by atoms with E-state index in [1.54, 1.807) is 6.20 Å². The molecule has 1 aromatic rings. The van der Waals surface area contributed by atoms with Gasteiger partial charge in [-0.25, -0.2) is 0 Å². The van der Waals surface area contributed by atoms with Crippen molar-refractivity contribution >= 4 is 5.69 Å². The number of anilines is 1. The molecule has 0 atom stereocenters. The Hall–Kier alpha value is -1.09. The molecule has 1 aromatic heterocycles. The van der Waals surface area contributed by atoms with Crippen LogP contribution in [0.1, 0.15) is 46.7 Å². The summed E-state index contributed by atoms with van der Waals surface area (Å²) in [6, 6.07) is 3.86. The van der Waals surface area contributed by atoms with E-state index in [0.717, 1.165) is 18.7 Å². The molecule has 96 valence electrons. The minimum Gasteiger partial charge on any atom is -0.397 e. The quantitative estimate of drug-likeness (QED) is 0.843. The Balaban J connectivity index is 2.52. The van der Waals surface area contributed by atoms with E-state index in [1.165, 1.54) is 0 Å². The van der Waals surface area contributed by atoms with Gasteiger partial charge in [0.1, 0.15) is 0 Å². The standard InChI is InChI=1S/C14H25N3/c1-13(2,3)10-14(4,5)17-9-12-7-6-11(15)8-16-12/h6-8,17H,9-10,15H2,1-5H3. The molecule has 0 saturated carbocycles. The second kappa shape index (κ2) is 5.05. The molecule has 0 radical (unpaired) electrons. The first-order valence-corrected chi connectivity index (χ1v) is 6.13. The van der Waals surface area contributed by atoms with E-state index >= 15 is 0 Å². The van der Waals surface area contributed by atoms with E-state index in [2.05, 4.69) is 44.9 Å². The molecular weight excluding hydrogens is 210 g/mol. The summed E-state index contributed by atoms with van der Waals surface area (Å²) < 4.78 is 0. The Morgan fingerprint density at radius 1 is 1.18 bits per heavy atom. The lowest BCUT2D eigenvalue weighted by molar-refractivity contribution is 0.240. The van der Waals surface area contributed by atoms with Crippen molar-refractivity contribution in [2.24, 2.45) is 5.41 Å². The van der Waals surface area contributed by atoms with Gasteiger partial charge in [0.05, 0.1) is 17.6 Å². The molecule has 0 spiro atoms. The van der Waals surface area contributed by atoms with E-state index in [-0.39, 0.29) is 5.54 Å². The highest BCUT2D eigenvalue weighted by atomic mass is 15.0. The number of rotatable bonds is 4. The molecule has 3 heteroatoms. The van der Waals surface area contributed by atoms with Gasteiger partial charge < -0.3 is 11.1 Å². The molecule has 17 heavy (non-hydrogen) atoms. The predicted molar refractivity (Wildman–Crippen MR) is 73.6 cm³/mol. The number of nitrogens with two attached hydrogens (primary N) is 1. The van der Waals surface area contributed by atoms with Crippen LogP contribution in [-0.4, -0.2) is 10.5 Å². The Bertz CT molecular complexity index is 347. The zero-order chi connectivity index (χ0) is 13.1. The lowest BCUT2D eigenvalue weighted by Gasteiger charge is -2.33. The summed E-state index contributed by atoms with van der Waals surface area (Å²) in [5.41, 5.74) is 7.79. The van der Waals surface area contributed by atoms with Gasteiger partial charge in [-0.3, -0.25) is 4.98 Å². The van der Waals surface area contributed by atoms with Crippen LogP contribution in [0, 0.1) is 5.41 Å². The topological polar surface area (TPSA) is 50.9 Å². The van der Waals surface area contributed by atoms with Crippen molar-refractivity contribution in [2.75, 3.05) is 5.73 Å². The molecule has 0 aromatic carbocycles. The third kappa shape index (κ3) is 5.68. The molecule has 0 amide bonds. The zero-order valence-electron chi connectivity index (χ0n) is 11.7. The molecule has 3 N–H and O–H groups in total. The van der Waals surface area contributed by atoms with Crippen LogP contribution in [0.15, 0.2) is 18.3 Å². The normalized spacial score (nSPS) is 12.8. The summed E-state index contributed by atoms with van der Waals surface area (Å²) in [6.07, 6.45) is 2.82. The van der Waals surface area contributed by atoms with Crippen molar-refractivity contribution in [3.8, 4) is 0 Å². The summed E-state index contributed by atoms with van der Waals surface area (Å²) in [5, 5.41) is 3.55. The van der Waals surface area contributed by atoms with Crippen LogP contribution in [0.3, 0.4) is 0 Å². The monoisotopic (exact) mass is 235 g/mol. The number of hydrogen-bond acceptors (Lipinski definition) is 3. The summed E-state index contributed by atoms with van der Waals surface area (Å²) in [4.78, 5) is 4.29. The van der Waals surface area contributed by atoms with Gasteiger partial charge in [0.25, 0.3) is 0 Å². The molecule has 0 aliphatic heterocycles. The molecule has 0 fully saturated rings.